The third kappa shape index (κ3) is 9.37. The molecule has 10 nitrogen and oxygen atoms in total. The van der Waals surface area contributed by atoms with E-state index < -0.39 is 64.6 Å². The number of sulfonamides is 1. The molecule has 0 radical (unpaired) electrons. The Labute approximate surface area is 357 Å². The van der Waals surface area contributed by atoms with E-state index in [0.717, 1.165) is 61.6 Å². The molecule has 3 aromatic carbocycles. The van der Waals surface area contributed by atoms with Gasteiger partial charge in [-0.05, 0) is 104 Å². The maximum absolute atomic E-state index is 13.9. The molecule has 3 saturated carbocycles. The van der Waals surface area contributed by atoms with E-state index in [9.17, 15) is 48.4 Å². The number of benzene rings is 3. The molecule has 1 heterocycles. The number of piperazine rings is 1. The minimum Gasteiger partial charge on any atom is -0.380 e. The number of nitrogens with zero attached hydrogens (tertiary/aromatic N) is 2. The van der Waals surface area contributed by atoms with Gasteiger partial charge >= 0.3 is 5.51 Å². The lowest BCUT2D eigenvalue weighted by Gasteiger charge is -2.72. The second-order valence-electron chi connectivity index (χ2n) is 17.6. The summed E-state index contributed by atoms with van der Waals surface area (Å²) in [4.78, 5) is 27.7. The minimum atomic E-state index is -6.11. The summed E-state index contributed by atoms with van der Waals surface area (Å²) in [5, 5.41) is 2.67. The van der Waals surface area contributed by atoms with Gasteiger partial charge in [0.1, 0.15) is 11.2 Å². The number of aldehydes is 1. The number of halogens is 5. The average Bonchev–Trinajstić information content (AvgIpc) is 3.17. The van der Waals surface area contributed by atoms with Crippen LogP contribution in [0.25, 0.3) is 0 Å². The van der Waals surface area contributed by atoms with Crippen molar-refractivity contribution in [2.45, 2.75) is 91.5 Å². The molecular weight excluding hydrogens is 860 g/mol. The Bertz CT molecular complexity index is 2370. The molecule has 5 aliphatic rings. The highest BCUT2D eigenvalue weighted by molar-refractivity contribution is 7.99. The fourth-order valence-electron chi connectivity index (χ4n) is 9.34. The van der Waals surface area contributed by atoms with Crippen molar-refractivity contribution in [2.75, 3.05) is 48.7 Å². The number of alkyl halides is 5. The van der Waals surface area contributed by atoms with Crippen molar-refractivity contribution in [2.24, 2.45) is 16.2 Å². The van der Waals surface area contributed by atoms with Gasteiger partial charge in [-0.2, -0.15) is 13.2 Å². The zero-order valence-electron chi connectivity index (χ0n) is 33.8. The first-order chi connectivity index (χ1) is 28.7. The van der Waals surface area contributed by atoms with E-state index in [2.05, 4.69) is 29.0 Å². The number of carbonyl (C=O) groups excluding carboxylic acids is 2. The molecule has 4 aliphatic carbocycles. The molecule has 0 spiro atoms. The predicted octanol–water partition coefficient (Wildman–Crippen LogP) is 8.32. The molecule has 18 heteroatoms. The van der Waals surface area contributed by atoms with Gasteiger partial charge < -0.3 is 15.0 Å². The molecule has 0 unspecified atom stereocenters. The number of amides is 1. The van der Waals surface area contributed by atoms with Crippen LogP contribution in [0, 0.1) is 16.2 Å². The quantitative estimate of drug-likeness (QED) is 0.0626. The van der Waals surface area contributed by atoms with Crippen LogP contribution in [0.1, 0.15) is 69.2 Å². The summed E-state index contributed by atoms with van der Waals surface area (Å²) in [6, 6.07) is 16.4. The number of sulfone groups is 1. The van der Waals surface area contributed by atoms with Crippen LogP contribution in [0.3, 0.4) is 0 Å². The summed E-state index contributed by atoms with van der Waals surface area (Å²) in [7, 11) is -11.0. The molecule has 0 aromatic heterocycles. The first-order valence-electron chi connectivity index (χ1n) is 20.1. The largest absolute Gasteiger partial charge is 0.501 e. The summed E-state index contributed by atoms with van der Waals surface area (Å²) in [6.45, 7) is 8.23. The highest BCUT2D eigenvalue weighted by Crippen LogP contribution is 2.79. The van der Waals surface area contributed by atoms with Gasteiger partial charge in [0.15, 0.2) is 0 Å². The number of hydrogen-bond donors (Lipinski definition) is 2. The number of carbonyl (C=O) groups is 2. The predicted molar refractivity (Wildman–Crippen MR) is 224 cm³/mol. The molecular formula is C43H49F5N4O6S3. The molecule has 1 saturated heterocycles. The molecule has 61 heavy (non-hydrogen) atoms. The monoisotopic (exact) mass is 908 g/mol. The zero-order valence-corrected chi connectivity index (χ0v) is 36.3. The number of anilines is 2. The van der Waals surface area contributed by atoms with E-state index in [1.807, 2.05) is 4.72 Å². The second-order valence-corrected chi connectivity index (χ2v) is 22.3. The van der Waals surface area contributed by atoms with Crippen LogP contribution in [0.5, 0.6) is 0 Å². The van der Waals surface area contributed by atoms with E-state index in [4.69, 9.17) is 0 Å². The maximum atomic E-state index is 13.9. The zero-order chi connectivity index (χ0) is 44.0. The summed E-state index contributed by atoms with van der Waals surface area (Å²) in [5.74, 6) is -0.918. The number of thioether (sulfide) groups is 1. The Balaban J connectivity index is 0.992. The molecule has 1 aliphatic heterocycles. The molecule has 8 rings (SSSR count). The minimum absolute atomic E-state index is 0.0536. The Morgan fingerprint density at radius 1 is 0.918 bits per heavy atom. The van der Waals surface area contributed by atoms with Crippen LogP contribution in [-0.4, -0.2) is 90.4 Å². The van der Waals surface area contributed by atoms with E-state index in [1.165, 1.54) is 35.0 Å². The lowest BCUT2D eigenvalue weighted by molar-refractivity contribution is -0.250. The van der Waals surface area contributed by atoms with Crippen LogP contribution >= 0.6 is 11.8 Å². The molecule has 2 bridgehead atoms. The SMILES string of the molecule is CC1(C)CCC(CN2CCN(c3ccc(C(=O)NS(=O)(=O)c4ccc(N[C@H](CC=O)CSc5ccccc5)c(S(=O)(=O)C(F)(F)F)c4)cc3)CC2)=C(C23CC(C(F)F)(C2)C3)C1. The Morgan fingerprint density at radius 3 is 2.18 bits per heavy atom. The van der Waals surface area contributed by atoms with Gasteiger partial charge in [-0.15, -0.1) is 11.8 Å². The van der Waals surface area contributed by atoms with Crippen molar-refractivity contribution < 1.29 is 48.4 Å². The number of allylic oxidation sites excluding steroid dienone is 1. The number of hydrogen-bond acceptors (Lipinski definition) is 10. The topological polar surface area (TPSA) is 133 Å². The van der Waals surface area contributed by atoms with Crippen molar-refractivity contribution in [3.8, 4) is 0 Å². The van der Waals surface area contributed by atoms with E-state index in [1.54, 1.807) is 42.5 Å². The Morgan fingerprint density at radius 2 is 1.57 bits per heavy atom. The first kappa shape index (κ1) is 45.0. The van der Waals surface area contributed by atoms with Crippen LogP contribution in [0.2, 0.25) is 0 Å². The summed E-state index contributed by atoms with van der Waals surface area (Å²) in [5.41, 5.74) is -3.47. The summed E-state index contributed by atoms with van der Waals surface area (Å²) in [6.07, 6.45) is 2.85. The van der Waals surface area contributed by atoms with Gasteiger partial charge in [0.2, 0.25) is 6.43 Å². The van der Waals surface area contributed by atoms with E-state index in [-0.39, 0.29) is 28.6 Å². The van der Waals surface area contributed by atoms with Gasteiger partial charge in [-0.3, -0.25) is 9.69 Å². The van der Waals surface area contributed by atoms with Crippen molar-refractivity contribution >= 4 is 55.2 Å². The molecule has 2 N–H and O–H groups in total. The van der Waals surface area contributed by atoms with Gasteiger partial charge in [0.25, 0.3) is 25.8 Å². The molecule has 1 atom stereocenters. The van der Waals surface area contributed by atoms with Crippen molar-refractivity contribution in [3.05, 3.63) is 89.5 Å². The lowest BCUT2D eigenvalue weighted by Crippen LogP contribution is -2.66. The van der Waals surface area contributed by atoms with Crippen LogP contribution in [0.4, 0.5) is 33.3 Å². The van der Waals surface area contributed by atoms with Crippen molar-refractivity contribution in [3.63, 3.8) is 0 Å². The normalized spacial score (nSPS) is 23.5. The number of rotatable bonds is 16. The highest BCUT2D eigenvalue weighted by Gasteiger charge is 2.73. The fraction of sp³-hybridized carbons (Fsp3) is 0.488. The standard InChI is InChI=1S/C43H49F5N4O6S3/c1-40(2)16-14-30(35(23-40)41-26-42(27-41,28-41)39(44)45)24-51-17-19-52(20-18-51)32-10-8-29(9-11-32)38(54)50-61(57,58)34-12-13-36(37(22-34)60(55,56)43(46,47)48)49-31(15-21-53)25-59-33-6-4-3-5-7-33/h3-13,21-22,31,39,49H,14-20,23-28H2,1-2H3,(H,50,54)/t31-,41?,42?/m1/s1. The summed E-state index contributed by atoms with van der Waals surface area (Å²) >= 11 is 1.28. The third-order valence-corrected chi connectivity index (χ3v) is 16.7. The molecule has 4 fully saturated rings. The third-order valence-electron chi connectivity index (χ3n) is 12.7. The van der Waals surface area contributed by atoms with E-state index in [0.29, 0.717) is 44.7 Å². The van der Waals surface area contributed by atoms with Gasteiger partial charge in [0.05, 0.1) is 10.6 Å². The van der Waals surface area contributed by atoms with Crippen LogP contribution < -0.4 is 14.9 Å². The smallest absolute Gasteiger partial charge is 0.380 e. The fourth-order valence-corrected chi connectivity index (χ4v) is 12.3. The number of nitrogens with one attached hydrogen (secondary N) is 2. The molecule has 330 valence electrons. The summed E-state index contributed by atoms with van der Waals surface area (Å²) < 4.78 is 123. The van der Waals surface area contributed by atoms with Gasteiger partial charge in [0, 0.05) is 72.5 Å². The average molecular weight is 909 g/mol. The van der Waals surface area contributed by atoms with Crippen LogP contribution in [-0.2, 0) is 24.7 Å². The van der Waals surface area contributed by atoms with Gasteiger partial charge in [-0.1, -0.05) is 43.2 Å². The maximum Gasteiger partial charge on any atom is 0.501 e. The van der Waals surface area contributed by atoms with Crippen molar-refractivity contribution in [1.82, 2.24) is 9.62 Å². The van der Waals surface area contributed by atoms with Crippen molar-refractivity contribution in [1.29, 1.82) is 0 Å². The van der Waals surface area contributed by atoms with Gasteiger partial charge in [-0.25, -0.2) is 30.3 Å². The van der Waals surface area contributed by atoms with Crippen LogP contribution in [0.15, 0.2) is 98.6 Å². The van der Waals surface area contributed by atoms with E-state index >= 15 is 0 Å². The highest BCUT2D eigenvalue weighted by atomic mass is 32.2. The Kier molecular flexibility index (Phi) is 12.5. The molecule has 3 aromatic rings. The lowest BCUT2D eigenvalue weighted by atomic mass is 9.32. The molecule has 1 amide bonds. The first-order valence-corrected chi connectivity index (χ1v) is 24.1. The Hall–Kier alpha value is -4.00. The second kappa shape index (κ2) is 16.9.